The van der Waals surface area contributed by atoms with Crippen molar-refractivity contribution in [2.75, 3.05) is 11.9 Å². The summed E-state index contributed by atoms with van der Waals surface area (Å²) in [6.45, 7) is 0. The molecule has 1 aromatic carbocycles. The Bertz CT molecular complexity index is 789. The minimum absolute atomic E-state index is 0.138. The van der Waals surface area contributed by atoms with E-state index in [1.165, 1.54) is 16.2 Å². The average Bonchev–Trinajstić information content (AvgIpc) is 3.05. The monoisotopic (exact) mass is 374 g/mol. The van der Waals surface area contributed by atoms with Crippen molar-refractivity contribution in [3.63, 3.8) is 0 Å². The lowest BCUT2D eigenvalue weighted by atomic mass is 10.2. The van der Waals surface area contributed by atoms with Crippen LogP contribution in [-0.4, -0.2) is 28.1 Å². The van der Waals surface area contributed by atoms with Crippen LogP contribution in [-0.2, 0) is 0 Å². The molecule has 0 radical (unpaired) electrons. The van der Waals surface area contributed by atoms with E-state index in [4.69, 9.17) is 0 Å². The lowest BCUT2D eigenvalue weighted by Crippen LogP contribution is -2.26. The Morgan fingerprint density at radius 1 is 1.09 bits per heavy atom. The van der Waals surface area contributed by atoms with Gasteiger partial charge in [0.1, 0.15) is 5.01 Å². The zero-order chi connectivity index (χ0) is 15.5. The van der Waals surface area contributed by atoms with E-state index in [0.29, 0.717) is 10.7 Å². The number of hydrogen-bond donors (Lipinski definition) is 0. The zero-order valence-corrected chi connectivity index (χ0v) is 14.0. The molecule has 5 nitrogen and oxygen atoms in total. The summed E-state index contributed by atoms with van der Waals surface area (Å²) < 4.78 is 1.01. The predicted octanol–water partition coefficient (Wildman–Crippen LogP) is 3.64. The Balaban J connectivity index is 1.84. The van der Waals surface area contributed by atoms with Gasteiger partial charge in [0.25, 0.3) is 5.91 Å². The molecule has 110 valence electrons. The van der Waals surface area contributed by atoms with Crippen LogP contribution in [0.2, 0.25) is 0 Å². The SMILES string of the molecule is CN(C(=O)c1ccncc1)c1nnc(-c2ccc(Br)cc2)s1. The fraction of sp³-hybridized carbons (Fsp3) is 0.0667. The third kappa shape index (κ3) is 3.05. The Kier molecular flexibility index (Phi) is 4.26. The van der Waals surface area contributed by atoms with Gasteiger partial charge >= 0.3 is 0 Å². The summed E-state index contributed by atoms with van der Waals surface area (Å²) in [7, 11) is 1.69. The molecule has 0 saturated heterocycles. The minimum atomic E-state index is -0.138. The van der Waals surface area contributed by atoms with Crippen LogP contribution in [0, 0.1) is 0 Å². The van der Waals surface area contributed by atoms with Gasteiger partial charge in [0.2, 0.25) is 5.13 Å². The lowest BCUT2D eigenvalue weighted by molar-refractivity contribution is 0.0992. The Labute approximate surface area is 139 Å². The molecular formula is C15H11BrN4OS. The number of pyridine rings is 1. The number of hydrogen-bond acceptors (Lipinski definition) is 5. The maximum atomic E-state index is 12.4. The highest BCUT2D eigenvalue weighted by Gasteiger charge is 2.17. The van der Waals surface area contributed by atoms with Gasteiger partial charge < -0.3 is 0 Å². The first-order chi connectivity index (χ1) is 10.6. The summed E-state index contributed by atoms with van der Waals surface area (Å²) in [5.74, 6) is -0.138. The Hall–Kier alpha value is -2.12. The summed E-state index contributed by atoms with van der Waals surface area (Å²) in [5, 5.41) is 9.60. The number of nitrogens with zero attached hydrogens (tertiary/aromatic N) is 4. The maximum Gasteiger partial charge on any atom is 0.259 e. The van der Waals surface area contributed by atoms with Crippen molar-refractivity contribution >= 4 is 38.3 Å². The van der Waals surface area contributed by atoms with E-state index < -0.39 is 0 Å². The van der Waals surface area contributed by atoms with Crippen LogP contribution in [0.5, 0.6) is 0 Å². The van der Waals surface area contributed by atoms with Crippen molar-refractivity contribution in [3.8, 4) is 10.6 Å². The van der Waals surface area contributed by atoms with Crippen molar-refractivity contribution < 1.29 is 4.79 Å². The topological polar surface area (TPSA) is 59.0 Å². The molecule has 0 aliphatic rings. The van der Waals surface area contributed by atoms with Crippen LogP contribution in [0.3, 0.4) is 0 Å². The third-order valence-corrected chi connectivity index (χ3v) is 4.60. The van der Waals surface area contributed by atoms with Crippen LogP contribution in [0.25, 0.3) is 10.6 Å². The molecule has 0 spiro atoms. The van der Waals surface area contributed by atoms with Gasteiger partial charge in [-0.25, -0.2) is 0 Å². The predicted molar refractivity (Wildman–Crippen MR) is 90.0 cm³/mol. The van der Waals surface area contributed by atoms with E-state index in [-0.39, 0.29) is 5.91 Å². The van der Waals surface area contributed by atoms with Crippen LogP contribution in [0.4, 0.5) is 5.13 Å². The molecule has 0 fully saturated rings. The maximum absolute atomic E-state index is 12.4. The highest BCUT2D eigenvalue weighted by atomic mass is 79.9. The normalized spacial score (nSPS) is 10.5. The van der Waals surface area contributed by atoms with E-state index >= 15 is 0 Å². The molecule has 0 bridgehead atoms. The molecular weight excluding hydrogens is 364 g/mol. The third-order valence-electron chi connectivity index (χ3n) is 3.02. The van der Waals surface area contributed by atoms with Gasteiger partial charge in [0.15, 0.2) is 0 Å². The standard InChI is InChI=1S/C15H11BrN4OS/c1-20(14(21)11-6-8-17-9-7-11)15-19-18-13(22-15)10-2-4-12(16)5-3-10/h2-9H,1H3. The van der Waals surface area contributed by atoms with Crippen molar-refractivity contribution in [1.82, 2.24) is 15.2 Å². The Morgan fingerprint density at radius 3 is 2.45 bits per heavy atom. The van der Waals surface area contributed by atoms with Gasteiger partial charge in [0.05, 0.1) is 0 Å². The largest absolute Gasteiger partial charge is 0.286 e. The summed E-state index contributed by atoms with van der Waals surface area (Å²) in [5.41, 5.74) is 1.54. The van der Waals surface area contributed by atoms with Gasteiger partial charge in [-0.3, -0.25) is 14.7 Å². The number of benzene rings is 1. The highest BCUT2D eigenvalue weighted by molar-refractivity contribution is 9.10. The van der Waals surface area contributed by atoms with E-state index in [0.717, 1.165) is 15.0 Å². The second-order valence-electron chi connectivity index (χ2n) is 4.50. The van der Waals surface area contributed by atoms with E-state index in [1.807, 2.05) is 24.3 Å². The second-order valence-corrected chi connectivity index (χ2v) is 6.37. The summed E-state index contributed by atoms with van der Waals surface area (Å²) in [4.78, 5) is 17.8. The first-order valence-electron chi connectivity index (χ1n) is 6.42. The van der Waals surface area contributed by atoms with Crippen molar-refractivity contribution in [2.24, 2.45) is 0 Å². The number of amides is 1. The molecule has 0 unspecified atom stereocenters. The van der Waals surface area contributed by atoms with Crippen LogP contribution < -0.4 is 4.90 Å². The van der Waals surface area contributed by atoms with Crippen LogP contribution in [0.15, 0.2) is 53.3 Å². The number of halogens is 1. The molecule has 0 aliphatic heterocycles. The Morgan fingerprint density at radius 2 is 1.77 bits per heavy atom. The quantitative estimate of drug-likeness (QED) is 0.701. The van der Waals surface area contributed by atoms with Crippen molar-refractivity contribution in [2.45, 2.75) is 0 Å². The molecule has 22 heavy (non-hydrogen) atoms. The fourth-order valence-corrected chi connectivity index (χ4v) is 2.91. The molecule has 7 heteroatoms. The minimum Gasteiger partial charge on any atom is -0.286 e. The first-order valence-corrected chi connectivity index (χ1v) is 8.03. The van der Waals surface area contributed by atoms with E-state index in [9.17, 15) is 4.79 Å². The highest BCUT2D eigenvalue weighted by Crippen LogP contribution is 2.29. The number of aromatic nitrogens is 3. The lowest BCUT2D eigenvalue weighted by Gasteiger charge is -2.12. The second kappa shape index (κ2) is 6.33. The fourth-order valence-electron chi connectivity index (χ4n) is 1.84. The van der Waals surface area contributed by atoms with Crippen molar-refractivity contribution in [3.05, 3.63) is 58.8 Å². The zero-order valence-electron chi connectivity index (χ0n) is 11.6. The molecule has 0 aliphatic carbocycles. The molecule has 3 rings (SSSR count). The van der Waals surface area contributed by atoms with Crippen LogP contribution in [0.1, 0.15) is 10.4 Å². The van der Waals surface area contributed by atoms with Gasteiger partial charge in [-0.1, -0.05) is 39.4 Å². The van der Waals surface area contributed by atoms with Crippen LogP contribution >= 0.6 is 27.3 Å². The number of carbonyl (C=O) groups is 1. The van der Waals surface area contributed by atoms with Gasteiger partial charge in [-0.2, -0.15) is 0 Å². The van der Waals surface area contributed by atoms with Gasteiger partial charge in [-0.05, 0) is 24.3 Å². The molecule has 2 heterocycles. The smallest absolute Gasteiger partial charge is 0.259 e. The number of anilines is 1. The molecule has 3 aromatic rings. The average molecular weight is 375 g/mol. The van der Waals surface area contributed by atoms with E-state index in [1.54, 1.807) is 31.6 Å². The number of carbonyl (C=O) groups excluding carboxylic acids is 1. The molecule has 0 N–H and O–H groups in total. The summed E-state index contributed by atoms with van der Waals surface area (Å²) >= 11 is 4.78. The van der Waals surface area contributed by atoms with Gasteiger partial charge in [-0.15, -0.1) is 10.2 Å². The van der Waals surface area contributed by atoms with Gasteiger partial charge in [0, 0.05) is 35.0 Å². The summed E-state index contributed by atoms with van der Waals surface area (Å²) in [6.07, 6.45) is 3.18. The first kappa shape index (κ1) is 14.8. The van der Waals surface area contributed by atoms with E-state index in [2.05, 4.69) is 31.1 Å². The number of rotatable bonds is 3. The molecule has 1 amide bonds. The molecule has 0 atom stereocenters. The summed E-state index contributed by atoms with van der Waals surface area (Å²) in [6, 6.07) is 11.2. The van der Waals surface area contributed by atoms with Crippen molar-refractivity contribution in [1.29, 1.82) is 0 Å². The molecule has 2 aromatic heterocycles. The molecule has 0 saturated carbocycles.